The molecule has 4 rings (SSSR count). The first-order valence-corrected chi connectivity index (χ1v) is 9.33. The number of amides is 2. The summed E-state index contributed by atoms with van der Waals surface area (Å²) in [6, 6.07) is 2.70. The zero-order valence-corrected chi connectivity index (χ0v) is 16.9. The van der Waals surface area contributed by atoms with Gasteiger partial charge in [0.05, 0.1) is 11.9 Å². The minimum Gasteiger partial charge on any atom is -0.450 e. The molecule has 12 heteroatoms. The molecule has 154 valence electrons. The van der Waals surface area contributed by atoms with Gasteiger partial charge in [-0.05, 0) is 28.9 Å². The van der Waals surface area contributed by atoms with E-state index in [4.69, 9.17) is 4.74 Å². The minimum atomic E-state index is -0.988. The fourth-order valence-corrected chi connectivity index (χ4v) is 3.16. The number of anilines is 1. The zero-order chi connectivity index (χ0) is 21.3. The van der Waals surface area contributed by atoms with Crippen LogP contribution in [0.25, 0.3) is 11.0 Å². The van der Waals surface area contributed by atoms with Crippen LogP contribution in [0.5, 0.6) is 11.5 Å². The Hall–Kier alpha value is -3.54. The lowest BCUT2D eigenvalue weighted by atomic mass is 10.2. The van der Waals surface area contributed by atoms with Crippen molar-refractivity contribution in [2.75, 3.05) is 5.32 Å². The maximum atomic E-state index is 14.5. The molecule has 1 aromatic carbocycles. The number of H-pyrrole nitrogens is 1. The monoisotopic (exact) mass is 478 g/mol. The predicted octanol–water partition coefficient (Wildman–Crippen LogP) is 4.41. The molecule has 3 N–H and O–H groups in total. The van der Waals surface area contributed by atoms with E-state index in [1.165, 1.54) is 12.3 Å². The van der Waals surface area contributed by atoms with Crippen molar-refractivity contribution in [1.82, 2.24) is 25.6 Å². The van der Waals surface area contributed by atoms with Gasteiger partial charge < -0.3 is 20.4 Å². The van der Waals surface area contributed by atoms with Gasteiger partial charge in [-0.1, -0.05) is 10.3 Å². The summed E-state index contributed by atoms with van der Waals surface area (Å²) in [6.45, 7) is 1.70. The highest BCUT2D eigenvalue weighted by Crippen LogP contribution is 2.36. The standard InChI is InChI=1S/C18H13BrF2N6O3/c1-8-13(27-30-26-8)7-24-18(28)25-9-4-11(20)16(12(21)5-9)29-14-2-3-22-17-15(14)10(19)6-23-17/h2-6H,7H2,1H3,(H,22,23)(H2,24,25,28). The second kappa shape index (κ2) is 8.06. The maximum Gasteiger partial charge on any atom is 0.319 e. The first kappa shape index (κ1) is 19.8. The summed E-state index contributed by atoms with van der Waals surface area (Å²) in [5, 5.41) is 12.6. The SMILES string of the molecule is Cc1nonc1CNC(=O)Nc1cc(F)c(Oc2ccnc3[nH]cc(Br)c23)c(F)c1. The Morgan fingerprint density at radius 1 is 1.30 bits per heavy atom. The highest BCUT2D eigenvalue weighted by atomic mass is 79.9. The molecule has 0 aliphatic rings. The molecule has 3 heterocycles. The lowest BCUT2D eigenvalue weighted by Crippen LogP contribution is -2.28. The Labute approximate surface area is 175 Å². The summed E-state index contributed by atoms with van der Waals surface area (Å²) in [5.74, 6) is -2.37. The molecule has 0 bridgehead atoms. The molecule has 30 heavy (non-hydrogen) atoms. The van der Waals surface area contributed by atoms with E-state index < -0.39 is 23.4 Å². The first-order chi connectivity index (χ1) is 14.4. The third-order valence-corrected chi connectivity index (χ3v) is 4.74. The van der Waals surface area contributed by atoms with E-state index in [1.54, 1.807) is 13.1 Å². The van der Waals surface area contributed by atoms with Gasteiger partial charge in [-0.25, -0.2) is 23.2 Å². The third-order valence-electron chi connectivity index (χ3n) is 4.12. The van der Waals surface area contributed by atoms with Crippen molar-refractivity contribution in [3.63, 3.8) is 0 Å². The van der Waals surface area contributed by atoms with Gasteiger partial charge in [0.15, 0.2) is 17.4 Å². The quantitative estimate of drug-likeness (QED) is 0.391. The topological polar surface area (TPSA) is 118 Å². The zero-order valence-electron chi connectivity index (χ0n) is 15.3. The number of aromatic nitrogens is 4. The fourth-order valence-electron chi connectivity index (χ4n) is 2.66. The summed E-state index contributed by atoms with van der Waals surface area (Å²) in [5.41, 5.74) is 1.36. The van der Waals surface area contributed by atoms with Crippen LogP contribution in [0.4, 0.5) is 19.3 Å². The first-order valence-electron chi connectivity index (χ1n) is 8.53. The van der Waals surface area contributed by atoms with Crippen LogP contribution in [0.15, 0.2) is 39.7 Å². The van der Waals surface area contributed by atoms with Crippen LogP contribution in [0, 0.1) is 18.6 Å². The van der Waals surface area contributed by atoms with Gasteiger partial charge in [0, 0.05) is 34.7 Å². The number of fused-ring (bicyclic) bond motifs is 1. The van der Waals surface area contributed by atoms with Gasteiger partial charge in [0.1, 0.15) is 22.8 Å². The van der Waals surface area contributed by atoms with Crippen molar-refractivity contribution in [3.8, 4) is 11.5 Å². The molecule has 9 nitrogen and oxygen atoms in total. The molecule has 0 aliphatic heterocycles. The number of pyridine rings is 1. The number of aromatic amines is 1. The summed E-state index contributed by atoms with van der Waals surface area (Å²) in [4.78, 5) is 19.0. The number of nitrogens with zero attached hydrogens (tertiary/aromatic N) is 3. The molecule has 0 saturated heterocycles. The maximum absolute atomic E-state index is 14.5. The largest absolute Gasteiger partial charge is 0.450 e. The molecular weight excluding hydrogens is 466 g/mol. The fraction of sp³-hybridized carbons (Fsp3) is 0.111. The van der Waals surface area contributed by atoms with Crippen LogP contribution in [-0.2, 0) is 6.54 Å². The predicted molar refractivity (Wildman–Crippen MR) is 105 cm³/mol. The van der Waals surface area contributed by atoms with E-state index in [9.17, 15) is 13.6 Å². The highest BCUT2D eigenvalue weighted by Gasteiger charge is 2.18. The average Bonchev–Trinajstić information content (AvgIpc) is 3.29. The second-order valence-electron chi connectivity index (χ2n) is 6.14. The van der Waals surface area contributed by atoms with E-state index >= 15 is 0 Å². The van der Waals surface area contributed by atoms with E-state index in [0.717, 1.165) is 12.1 Å². The number of carbonyl (C=O) groups excluding carboxylic acids is 1. The number of ether oxygens (including phenoxy) is 1. The molecular formula is C18H13BrF2N6O3. The number of carbonyl (C=O) groups is 1. The van der Waals surface area contributed by atoms with Crippen LogP contribution < -0.4 is 15.4 Å². The second-order valence-corrected chi connectivity index (χ2v) is 7.00. The average molecular weight is 479 g/mol. The molecule has 4 aromatic rings. The van der Waals surface area contributed by atoms with E-state index in [-0.39, 0.29) is 18.0 Å². The summed E-state index contributed by atoms with van der Waals surface area (Å²) in [7, 11) is 0. The van der Waals surface area contributed by atoms with Gasteiger partial charge >= 0.3 is 6.03 Å². The van der Waals surface area contributed by atoms with Gasteiger partial charge in [-0.2, -0.15) is 0 Å². The molecule has 0 aliphatic carbocycles. The van der Waals surface area contributed by atoms with Gasteiger partial charge in [-0.3, -0.25) is 0 Å². The van der Waals surface area contributed by atoms with Crippen molar-refractivity contribution < 1.29 is 22.9 Å². The molecule has 2 amide bonds. The van der Waals surface area contributed by atoms with Crippen molar-refractivity contribution in [3.05, 3.63) is 58.1 Å². The highest BCUT2D eigenvalue weighted by molar-refractivity contribution is 9.10. The Morgan fingerprint density at radius 2 is 2.07 bits per heavy atom. The molecule has 0 atom stereocenters. The Balaban J connectivity index is 1.50. The van der Waals surface area contributed by atoms with Crippen molar-refractivity contribution in [2.45, 2.75) is 13.5 Å². The molecule has 0 unspecified atom stereocenters. The summed E-state index contributed by atoms with van der Waals surface area (Å²) < 4.78 is 39.7. The normalized spacial score (nSPS) is 10.9. The number of rotatable bonds is 5. The molecule has 0 radical (unpaired) electrons. The summed E-state index contributed by atoms with van der Waals surface area (Å²) in [6.07, 6.45) is 3.09. The van der Waals surface area contributed by atoms with Crippen molar-refractivity contribution in [1.29, 1.82) is 0 Å². The number of aryl methyl sites for hydroxylation is 1. The number of urea groups is 1. The number of hydrogen-bond acceptors (Lipinski definition) is 6. The molecule has 0 spiro atoms. The van der Waals surface area contributed by atoms with Crippen molar-refractivity contribution >= 4 is 38.7 Å². The minimum absolute atomic E-state index is 0.0386. The van der Waals surface area contributed by atoms with Gasteiger partial charge in [-0.15, -0.1) is 0 Å². The molecule has 3 aromatic heterocycles. The molecule has 0 saturated carbocycles. The lowest BCUT2D eigenvalue weighted by molar-refractivity contribution is 0.251. The van der Waals surface area contributed by atoms with Gasteiger partial charge in [0.25, 0.3) is 0 Å². The van der Waals surface area contributed by atoms with Crippen LogP contribution >= 0.6 is 15.9 Å². The Kier molecular flexibility index (Phi) is 5.31. The van der Waals surface area contributed by atoms with E-state index in [0.29, 0.717) is 26.9 Å². The van der Waals surface area contributed by atoms with Crippen LogP contribution in [0.2, 0.25) is 0 Å². The number of halogens is 3. The van der Waals surface area contributed by atoms with E-state index in [1.807, 2.05) is 0 Å². The molecule has 0 fully saturated rings. The Bertz CT molecular complexity index is 1220. The van der Waals surface area contributed by atoms with Crippen LogP contribution in [0.1, 0.15) is 11.4 Å². The smallest absolute Gasteiger partial charge is 0.319 e. The van der Waals surface area contributed by atoms with Gasteiger partial charge in [0.2, 0.25) is 0 Å². The Morgan fingerprint density at radius 3 is 2.77 bits per heavy atom. The number of benzene rings is 1. The van der Waals surface area contributed by atoms with Crippen LogP contribution in [0.3, 0.4) is 0 Å². The van der Waals surface area contributed by atoms with Crippen molar-refractivity contribution in [2.24, 2.45) is 0 Å². The number of nitrogens with one attached hydrogen (secondary N) is 3. The van der Waals surface area contributed by atoms with E-state index in [2.05, 4.69) is 51.5 Å². The number of hydrogen-bond donors (Lipinski definition) is 3. The van der Waals surface area contributed by atoms with Crippen LogP contribution in [-0.4, -0.2) is 26.3 Å². The summed E-state index contributed by atoms with van der Waals surface area (Å²) >= 11 is 3.33. The lowest BCUT2D eigenvalue weighted by Gasteiger charge is -2.12. The third kappa shape index (κ3) is 3.94.